The Morgan fingerprint density at radius 3 is 2.25 bits per heavy atom. The Kier molecular flexibility index (Phi) is 5.61. The molecule has 0 bridgehead atoms. The fraction of sp³-hybridized carbons (Fsp3) is 0.550. The molecule has 3 rings (SSSR count). The minimum Gasteiger partial charge on any atom is -0.493 e. The Labute approximate surface area is 167 Å². The Hall–Kier alpha value is -2.22. The second kappa shape index (κ2) is 7.66. The molecule has 0 N–H and O–H groups in total. The van der Waals surface area contributed by atoms with Gasteiger partial charge >= 0.3 is 0 Å². The van der Waals surface area contributed by atoms with Gasteiger partial charge in [-0.15, -0.1) is 0 Å². The van der Waals surface area contributed by atoms with Crippen LogP contribution in [0.5, 0.6) is 11.5 Å². The number of piperidine rings is 1. The largest absolute Gasteiger partial charge is 0.493 e. The Morgan fingerprint density at radius 1 is 1.14 bits per heavy atom. The molecule has 1 saturated heterocycles. The van der Waals surface area contributed by atoms with Gasteiger partial charge in [0.2, 0.25) is 0 Å². The molecule has 0 radical (unpaired) electrons. The zero-order valence-corrected chi connectivity index (χ0v) is 17.9. The summed E-state index contributed by atoms with van der Waals surface area (Å²) in [5.74, 6) is 1.08. The molecule has 2 aliphatic rings. The molecule has 0 aromatic heterocycles. The van der Waals surface area contributed by atoms with Crippen molar-refractivity contribution in [2.24, 2.45) is 5.92 Å². The van der Waals surface area contributed by atoms with E-state index in [2.05, 4.69) is 6.92 Å². The van der Waals surface area contributed by atoms with E-state index < -0.39 is 15.9 Å². The van der Waals surface area contributed by atoms with Gasteiger partial charge in [0, 0.05) is 31.3 Å². The lowest BCUT2D eigenvalue weighted by atomic mass is 9.98. The van der Waals surface area contributed by atoms with E-state index in [1.807, 2.05) is 0 Å². The van der Waals surface area contributed by atoms with Crippen LogP contribution in [-0.4, -0.2) is 53.1 Å². The van der Waals surface area contributed by atoms with E-state index in [1.165, 1.54) is 18.5 Å². The van der Waals surface area contributed by atoms with E-state index in [4.69, 9.17) is 9.47 Å². The molecular formula is C20H28N2O5S. The zero-order valence-electron chi connectivity index (χ0n) is 17.1. The van der Waals surface area contributed by atoms with E-state index in [1.54, 1.807) is 30.9 Å². The van der Waals surface area contributed by atoms with Crippen molar-refractivity contribution in [1.82, 2.24) is 4.90 Å². The lowest BCUT2D eigenvalue weighted by Gasteiger charge is -2.36. The first-order valence-corrected chi connectivity index (χ1v) is 11.0. The van der Waals surface area contributed by atoms with Crippen LogP contribution in [0.2, 0.25) is 0 Å². The second-order valence-corrected chi connectivity index (χ2v) is 9.12. The van der Waals surface area contributed by atoms with Gasteiger partial charge in [0.15, 0.2) is 16.4 Å². The minimum absolute atomic E-state index is 0.136. The van der Waals surface area contributed by atoms with Crippen LogP contribution in [0.4, 0.5) is 5.69 Å². The number of ether oxygens (including phenoxy) is 2. The fourth-order valence-corrected chi connectivity index (χ4v) is 5.71. The summed E-state index contributed by atoms with van der Waals surface area (Å²) in [5.41, 5.74) is 1.62. The van der Waals surface area contributed by atoms with E-state index in [9.17, 15) is 13.2 Å². The van der Waals surface area contributed by atoms with Gasteiger partial charge in [0.25, 0.3) is 15.9 Å². The zero-order chi connectivity index (χ0) is 20.6. The molecule has 0 unspecified atom stereocenters. The van der Waals surface area contributed by atoms with Crippen molar-refractivity contribution in [1.29, 1.82) is 0 Å². The third-order valence-electron chi connectivity index (χ3n) is 5.62. The molecule has 154 valence electrons. The van der Waals surface area contributed by atoms with Crippen LogP contribution in [0.3, 0.4) is 0 Å². The molecule has 7 nitrogen and oxygen atoms in total. The van der Waals surface area contributed by atoms with Crippen molar-refractivity contribution in [3.8, 4) is 11.5 Å². The number of hydrogen-bond donors (Lipinski definition) is 0. The molecule has 0 aliphatic carbocycles. The highest BCUT2D eigenvalue weighted by Gasteiger charge is 2.41. The molecule has 1 fully saturated rings. The van der Waals surface area contributed by atoms with Gasteiger partial charge in [-0.3, -0.25) is 9.10 Å². The number of benzene rings is 1. The van der Waals surface area contributed by atoms with Crippen molar-refractivity contribution in [2.75, 3.05) is 38.2 Å². The smallest absolute Gasteiger partial charge is 0.270 e. The molecule has 2 aliphatic heterocycles. The SMILES string of the molecule is CCN1c2cc(OC)c(OC)cc2C(C)=C(C(=O)N2CCC(C)CC2)S1(=O)=O. The number of fused-ring (bicyclic) bond motifs is 1. The summed E-state index contributed by atoms with van der Waals surface area (Å²) < 4.78 is 38.7. The first-order valence-electron chi connectivity index (χ1n) is 9.55. The monoisotopic (exact) mass is 408 g/mol. The summed E-state index contributed by atoms with van der Waals surface area (Å²) in [5, 5.41) is 0. The molecule has 0 saturated carbocycles. The summed E-state index contributed by atoms with van der Waals surface area (Å²) in [4.78, 5) is 14.8. The van der Waals surface area contributed by atoms with Crippen LogP contribution in [0, 0.1) is 5.92 Å². The van der Waals surface area contributed by atoms with E-state index in [0.717, 1.165) is 12.8 Å². The van der Waals surface area contributed by atoms with Crippen LogP contribution in [-0.2, 0) is 14.8 Å². The molecular weight excluding hydrogens is 380 g/mol. The molecule has 0 spiro atoms. The Balaban J connectivity index is 2.17. The summed E-state index contributed by atoms with van der Waals surface area (Å²) >= 11 is 0. The number of amides is 1. The summed E-state index contributed by atoms with van der Waals surface area (Å²) in [6, 6.07) is 3.40. The van der Waals surface area contributed by atoms with Crippen molar-refractivity contribution >= 4 is 27.2 Å². The highest BCUT2D eigenvalue weighted by atomic mass is 32.2. The lowest BCUT2D eigenvalue weighted by Crippen LogP contribution is -2.45. The first kappa shape index (κ1) is 20.5. The van der Waals surface area contributed by atoms with Crippen molar-refractivity contribution in [2.45, 2.75) is 33.6 Å². The predicted molar refractivity (Wildman–Crippen MR) is 109 cm³/mol. The molecule has 2 heterocycles. The number of hydrogen-bond acceptors (Lipinski definition) is 5. The highest BCUT2D eigenvalue weighted by Crippen LogP contribution is 2.45. The maximum Gasteiger partial charge on any atom is 0.270 e. The summed E-state index contributed by atoms with van der Waals surface area (Å²) in [7, 11) is -0.922. The number of likely N-dealkylation sites (tertiary alicyclic amines) is 1. The van der Waals surface area contributed by atoms with Crippen LogP contribution < -0.4 is 13.8 Å². The van der Waals surface area contributed by atoms with Crippen LogP contribution in [0.1, 0.15) is 39.2 Å². The molecule has 1 aromatic rings. The molecule has 1 aromatic carbocycles. The number of nitrogens with zero attached hydrogens (tertiary/aromatic N) is 2. The topological polar surface area (TPSA) is 76.2 Å². The Morgan fingerprint density at radius 2 is 1.71 bits per heavy atom. The van der Waals surface area contributed by atoms with Crippen molar-refractivity contribution < 1.29 is 22.7 Å². The van der Waals surface area contributed by atoms with Crippen molar-refractivity contribution in [3.05, 3.63) is 22.6 Å². The first-order chi connectivity index (χ1) is 13.3. The number of rotatable bonds is 4. The van der Waals surface area contributed by atoms with E-state index in [0.29, 0.717) is 47.3 Å². The Bertz CT molecular complexity index is 915. The predicted octanol–water partition coefficient (Wildman–Crippen LogP) is 2.86. The number of sulfonamides is 1. The van der Waals surface area contributed by atoms with Crippen LogP contribution >= 0.6 is 0 Å². The quantitative estimate of drug-likeness (QED) is 0.766. The summed E-state index contributed by atoms with van der Waals surface area (Å²) in [6.45, 7) is 6.97. The lowest BCUT2D eigenvalue weighted by molar-refractivity contribution is -0.127. The van der Waals surface area contributed by atoms with Gasteiger partial charge < -0.3 is 14.4 Å². The average Bonchev–Trinajstić information content (AvgIpc) is 2.67. The van der Waals surface area contributed by atoms with E-state index >= 15 is 0 Å². The number of allylic oxidation sites excluding steroid dienone is 1. The fourth-order valence-electron chi connectivity index (χ4n) is 3.90. The summed E-state index contributed by atoms with van der Waals surface area (Å²) in [6.07, 6.45) is 1.77. The van der Waals surface area contributed by atoms with Gasteiger partial charge in [-0.1, -0.05) is 6.92 Å². The maximum absolute atomic E-state index is 13.4. The highest BCUT2D eigenvalue weighted by molar-refractivity contribution is 7.97. The number of methoxy groups -OCH3 is 2. The standard InChI is InChI=1S/C20H28N2O5S/c1-6-22-16-12-18(27-5)17(26-4)11-15(16)14(3)19(28(22,24)25)20(23)21-9-7-13(2)8-10-21/h11-13H,6-10H2,1-5H3. The van der Waals surface area contributed by atoms with Gasteiger partial charge in [-0.25, -0.2) is 8.42 Å². The second-order valence-electron chi connectivity index (χ2n) is 7.32. The number of carbonyl (C=O) groups excluding carboxylic acids is 1. The molecule has 1 amide bonds. The number of anilines is 1. The normalized spacial score (nSPS) is 19.5. The van der Waals surface area contributed by atoms with E-state index in [-0.39, 0.29) is 11.4 Å². The molecule has 8 heteroatoms. The van der Waals surface area contributed by atoms with Gasteiger partial charge in [0.1, 0.15) is 0 Å². The van der Waals surface area contributed by atoms with Crippen LogP contribution in [0.15, 0.2) is 17.0 Å². The third kappa shape index (κ3) is 3.23. The average molecular weight is 409 g/mol. The van der Waals surface area contributed by atoms with Gasteiger partial charge in [-0.05, 0) is 44.2 Å². The minimum atomic E-state index is -3.96. The maximum atomic E-state index is 13.4. The molecule has 28 heavy (non-hydrogen) atoms. The number of carbonyl (C=O) groups is 1. The van der Waals surface area contributed by atoms with Crippen molar-refractivity contribution in [3.63, 3.8) is 0 Å². The van der Waals surface area contributed by atoms with Crippen LogP contribution in [0.25, 0.3) is 5.57 Å². The molecule has 0 atom stereocenters. The van der Waals surface area contributed by atoms with Gasteiger partial charge in [-0.2, -0.15) is 0 Å². The van der Waals surface area contributed by atoms with Gasteiger partial charge in [0.05, 0.1) is 19.9 Å². The third-order valence-corrected chi connectivity index (χ3v) is 7.65.